The first-order chi connectivity index (χ1) is 18.5. The summed E-state index contributed by atoms with van der Waals surface area (Å²) in [5, 5.41) is 13.9. The quantitative estimate of drug-likeness (QED) is 0.275. The van der Waals surface area contributed by atoms with E-state index in [0.29, 0.717) is 13.1 Å². The van der Waals surface area contributed by atoms with Crippen molar-refractivity contribution in [3.63, 3.8) is 0 Å². The normalized spacial score (nSPS) is 12.3. The van der Waals surface area contributed by atoms with Crippen molar-refractivity contribution in [2.45, 2.75) is 52.7 Å². The van der Waals surface area contributed by atoms with Gasteiger partial charge in [-0.05, 0) is 65.4 Å². The molecule has 0 aliphatic carbocycles. The van der Waals surface area contributed by atoms with Crippen molar-refractivity contribution in [2.24, 2.45) is 0 Å². The van der Waals surface area contributed by atoms with Crippen LogP contribution in [0, 0.1) is 13.8 Å². The van der Waals surface area contributed by atoms with Crippen molar-refractivity contribution in [1.82, 2.24) is 30.1 Å². The molecular formula is C31H34N6O. The number of fused-ring (bicyclic) bond motifs is 1. The molecule has 0 aliphatic rings. The number of nitrogens with zero attached hydrogens (tertiary/aromatic N) is 5. The largest absolute Gasteiger partial charge is 0.321 e. The zero-order chi connectivity index (χ0) is 26.5. The molecular weight excluding hydrogens is 472 g/mol. The van der Waals surface area contributed by atoms with Crippen LogP contribution < -0.4 is 5.56 Å². The fourth-order valence-corrected chi connectivity index (χ4v) is 5.14. The standard InChI is InChI=1S/C31H34N6O/c1-4-28(30-33-34-35-37(30)20-25-13-9-6-10-14-25)36(18-17-24-11-7-5-8-12-24)21-26-19-27-22(2)15-16-23(3)29(27)32-31(26)38/h5-16,19,28H,4,17-18,20-21H2,1-3H3,(H,32,38). The van der Waals surface area contributed by atoms with Gasteiger partial charge in [0.2, 0.25) is 0 Å². The maximum Gasteiger partial charge on any atom is 0.252 e. The topological polar surface area (TPSA) is 79.7 Å². The third-order valence-electron chi connectivity index (χ3n) is 7.28. The van der Waals surface area contributed by atoms with Crippen LogP contribution in [0.4, 0.5) is 0 Å². The summed E-state index contributed by atoms with van der Waals surface area (Å²) in [7, 11) is 0. The van der Waals surface area contributed by atoms with E-state index in [1.54, 1.807) is 0 Å². The molecule has 7 nitrogen and oxygen atoms in total. The SMILES string of the molecule is CCC(c1nnnn1Cc1ccccc1)N(CCc1ccccc1)Cc1cc2c(C)ccc(C)c2[nH]c1=O. The minimum absolute atomic E-state index is 0.0466. The van der Waals surface area contributed by atoms with Crippen LogP contribution in [0.3, 0.4) is 0 Å². The highest BCUT2D eigenvalue weighted by atomic mass is 16.1. The molecule has 0 fully saturated rings. The van der Waals surface area contributed by atoms with Gasteiger partial charge in [0.1, 0.15) is 0 Å². The predicted octanol–water partition coefficient (Wildman–Crippen LogP) is 5.38. The molecule has 1 unspecified atom stereocenters. The third kappa shape index (κ3) is 5.58. The minimum Gasteiger partial charge on any atom is -0.321 e. The first-order valence-corrected chi connectivity index (χ1v) is 13.2. The summed E-state index contributed by atoms with van der Waals surface area (Å²) in [6, 6.07) is 26.9. The highest BCUT2D eigenvalue weighted by molar-refractivity contribution is 5.85. The molecule has 1 atom stereocenters. The number of aryl methyl sites for hydroxylation is 2. The van der Waals surface area contributed by atoms with Gasteiger partial charge in [0.25, 0.3) is 5.56 Å². The van der Waals surface area contributed by atoms with Gasteiger partial charge in [-0.15, -0.1) is 5.10 Å². The lowest BCUT2D eigenvalue weighted by Gasteiger charge is -2.30. The maximum absolute atomic E-state index is 13.3. The van der Waals surface area contributed by atoms with E-state index in [-0.39, 0.29) is 11.6 Å². The molecule has 7 heteroatoms. The predicted molar refractivity (Wildman–Crippen MR) is 151 cm³/mol. The van der Waals surface area contributed by atoms with E-state index in [4.69, 9.17) is 0 Å². The second-order valence-electron chi connectivity index (χ2n) is 9.92. The number of tetrazole rings is 1. The van der Waals surface area contributed by atoms with Crippen LogP contribution in [0.5, 0.6) is 0 Å². The molecule has 0 saturated heterocycles. The van der Waals surface area contributed by atoms with Gasteiger partial charge in [-0.2, -0.15) is 0 Å². The van der Waals surface area contributed by atoms with E-state index in [2.05, 4.69) is 93.9 Å². The highest BCUT2D eigenvalue weighted by Crippen LogP contribution is 2.26. The smallest absolute Gasteiger partial charge is 0.252 e. The Morgan fingerprint density at radius 3 is 2.32 bits per heavy atom. The number of aromatic amines is 1. The number of hydrogen-bond acceptors (Lipinski definition) is 5. The molecule has 2 heterocycles. The molecule has 5 rings (SSSR count). The van der Waals surface area contributed by atoms with Crippen molar-refractivity contribution in [3.8, 4) is 0 Å². The lowest BCUT2D eigenvalue weighted by molar-refractivity contribution is 0.172. The number of H-pyrrole nitrogens is 1. The average molecular weight is 507 g/mol. The lowest BCUT2D eigenvalue weighted by Crippen LogP contribution is -2.34. The number of aromatic nitrogens is 5. The van der Waals surface area contributed by atoms with Crippen LogP contribution in [-0.4, -0.2) is 36.6 Å². The Kier molecular flexibility index (Phi) is 7.75. The van der Waals surface area contributed by atoms with E-state index in [9.17, 15) is 4.79 Å². The molecule has 0 aliphatic heterocycles. The molecule has 0 saturated carbocycles. The Bertz CT molecular complexity index is 1560. The summed E-state index contributed by atoms with van der Waals surface area (Å²) in [4.78, 5) is 18.8. The molecule has 0 radical (unpaired) electrons. The summed E-state index contributed by atoms with van der Waals surface area (Å²) in [6.07, 6.45) is 1.68. The first-order valence-electron chi connectivity index (χ1n) is 13.2. The molecule has 3 aromatic carbocycles. The summed E-state index contributed by atoms with van der Waals surface area (Å²) in [5.74, 6) is 0.814. The summed E-state index contributed by atoms with van der Waals surface area (Å²) in [6.45, 7) is 8.14. The second kappa shape index (κ2) is 11.5. The Labute approximate surface area is 223 Å². The molecule has 0 amide bonds. The van der Waals surface area contributed by atoms with Crippen LogP contribution in [0.2, 0.25) is 0 Å². The molecule has 0 spiro atoms. The van der Waals surface area contributed by atoms with Gasteiger partial charge in [-0.1, -0.05) is 79.7 Å². The van der Waals surface area contributed by atoms with Crippen molar-refractivity contribution in [3.05, 3.63) is 123 Å². The fourth-order valence-electron chi connectivity index (χ4n) is 5.14. The monoisotopic (exact) mass is 506 g/mol. The van der Waals surface area contributed by atoms with Gasteiger partial charge in [0.15, 0.2) is 5.82 Å². The average Bonchev–Trinajstić information content (AvgIpc) is 3.39. The first kappa shape index (κ1) is 25.5. The molecule has 38 heavy (non-hydrogen) atoms. The maximum atomic E-state index is 13.3. The van der Waals surface area contributed by atoms with Crippen LogP contribution in [0.1, 0.15) is 53.0 Å². The highest BCUT2D eigenvalue weighted by Gasteiger charge is 2.26. The van der Waals surface area contributed by atoms with Gasteiger partial charge in [-0.25, -0.2) is 4.68 Å². The summed E-state index contributed by atoms with van der Waals surface area (Å²) < 4.78 is 1.89. The van der Waals surface area contributed by atoms with Crippen molar-refractivity contribution in [2.75, 3.05) is 6.54 Å². The Hall–Kier alpha value is -4.10. The molecule has 2 aromatic heterocycles. The fraction of sp³-hybridized carbons (Fsp3) is 0.290. The van der Waals surface area contributed by atoms with E-state index in [1.807, 2.05) is 35.9 Å². The minimum atomic E-state index is -0.0499. The number of rotatable bonds is 10. The van der Waals surface area contributed by atoms with E-state index in [1.165, 1.54) is 5.56 Å². The Morgan fingerprint density at radius 2 is 1.61 bits per heavy atom. The lowest BCUT2D eigenvalue weighted by atomic mass is 10.0. The van der Waals surface area contributed by atoms with Crippen molar-refractivity contribution < 1.29 is 0 Å². The van der Waals surface area contributed by atoms with Crippen LogP contribution in [-0.2, 0) is 19.5 Å². The van der Waals surface area contributed by atoms with Crippen molar-refractivity contribution in [1.29, 1.82) is 0 Å². The van der Waals surface area contributed by atoms with Crippen LogP contribution in [0.15, 0.2) is 83.7 Å². The van der Waals surface area contributed by atoms with Crippen molar-refractivity contribution >= 4 is 10.9 Å². The van der Waals surface area contributed by atoms with E-state index >= 15 is 0 Å². The number of nitrogens with one attached hydrogen (secondary N) is 1. The van der Waals surface area contributed by atoms with Gasteiger partial charge in [0, 0.05) is 24.0 Å². The molecule has 0 bridgehead atoms. The Morgan fingerprint density at radius 1 is 0.921 bits per heavy atom. The number of benzene rings is 3. The third-order valence-corrected chi connectivity index (χ3v) is 7.28. The van der Waals surface area contributed by atoms with Gasteiger partial charge in [0.05, 0.1) is 18.1 Å². The van der Waals surface area contributed by atoms with Crippen LogP contribution >= 0.6 is 0 Å². The zero-order valence-corrected chi connectivity index (χ0v) is 22.3. The summed E-state index contributed by atoms with van der Waals surface area (Å²) in [5.41, 5.74) is 6.24. The molecule has 194 valence electrons. The van der Waals surface area contributed by atoms with E-state index < -0.39 is 0 Å². The van der Waals surface area contributed by atoms with Gasteiger partial charge >= 0.3 is 0 Å². The molecule has 5 aromatic rings. The molecule has 1 N–H and O–H groups in total. The Balaban J connectivity index is 1.50. The second-order valence-corrected chi connectivity index (χ2v) is 9.92. The van der Waals surface area contributed by atoms with Crippen LogP contribution in [0.25, 0.3) is 10.9 Å². The van der Waals surface area contributed by atoms with Gasteiger partial charge in [-0.3, -0.25) is 9.69 Å². The zero-order valence-electron chi connectivity index (χ0n) is 22.3. The van der Waals surface area contributed by atoms with Gasteiger partial charge < -0.3 is 4.98 Å². The number of pyridine rings is 1. The van der Waals surface area contributed by atoms with E-state index in [0.717, 1.165) is 58.4 Å². The number of hydrogen-bond donors (Lipinski definition) is 1. The summed E-state index contributed by atoms with van der Waals surface area (Å²) >= 11 is 0.